The Kier molecular flexibility index (Phi) is 8.99. The lowest BCUT2D eigenvalue weighted by Crippen LogP contribution is -1.96. The quantitative estimate of drug-likeness (QED) is 0.469. The summed E-state index contributed by atoms with van der Waals surface area (Å²) in [5.74, 6) is 0. The monoisotopic (exact) mass is 302 g/mol. The van der Waals surface area contributed by atoms with Gasteiger partial charge in [-0.25, -0.2) is 0 Å². The lowest BCUT2D eigenvalue weighted by atomic mass is 10.1. The summed E-state index contributed by atoms with van der Waals surface area (Å²) in [6.45, 7) is 7.29. The first-order valence-electron chi connectivity index (χ1n) is 6.83. The van der Waals surface area contributed by atoms with Crippen molar-refractivity contribution in [1.29, 1.82) is 0 Å². The van der Waals surface area contributed by atoms with Crippen LogP contribution in [0.2, 0.25) is 0 Å². The highest BCUT2D eigenvalue weighted by molar-refractivity contribution is 7.56. The fraction of sp³-hybridized carbons (Fsp3) is 0.600. The SMILES string of the molecule is CC(C)=CCC/C(C)=C/CC/C(C)=C(/CO)P(=O)(O)O. The van der Waals surface area contributed by atoms with Gasteiger partial charge in [-0.2, -0.15) is 0 Å². The lowest BCUT2D eigenvalue weighted by Gasteiger charge is -2.10. The predicted molar refractivity (Wildman–Crippen MR) is 83.5 cm³/mol. The summed E-state index contributed by atoms with van der Waals surface area (Å²) in [5.41, 5.74) is 3.16. The van der Waals surface area contributed by atoms with Gasteiger partial charge in [-0.1, -0.05) is 28.9 Å². The van der Waals surface area contributed by atoms with Crippen LogP contribution in [0, 0.1) is 0 Å². The predicted octanol–water partition coefficient (Wildman–Crippen LogP) is 3.90. The molecule has 0 aromatic heterocycles. The number of hydrogen-bond donors (Lipinski definition) is 3. The third kappa shape index (κ3) is 8.49. The van der Waals surface area contributed by atoms with Gasteiger partial charge in [0.05, 0.1) is 11.9 Å². The van der Waals surface area contributed by atoms with Gasteiger partial charge < -0.3 is 14.9 Å². The Morgan fingerprint density at radius 3 is 2.00 bits per heavy atom. The molecule has 0 bridgehead atoms. The van der Waals surface area contributed by atoms with Crippen molar-refractivity contribution >= 4 is 7.60 Å². The molecule has 0 rings (SSSR count). The molecule has 0 heterocycles. The molecule has 0 aromatic rings. The van der Waals surface area contributed by atoms with Crippen LogP contribution in [0.15, 0.2) is 34.2 Å². The van der Waals surface area contributed by atoms with Crippen LogP contribution in [0.4, 0.5) is 0 Å². The molecule has 20 heavy (non-hydrogen) atoms. The molecular formula is C15H27O4P. The summed E-state index contributed by atoms with van der Waals surface area (Å²) in [6, 6.07) is 0. The first-order valence-corrected chi connectivity index (χ1v) is 8.44. The number of hydrogen-bond acceptors (Lipinski definition) is 2. The van der Waals surface area contributed by atoms with Gasteiger partial charge in [-0.3, -0.25) is 4.57 Å². The highest BCUT2D eigenvalue weighted by Gasteiger charge is 2.21. The van der Waals surface area contributed by atoms with Crippen LogP contribution >= 0.6 is 7.60 Å². The molecule has 0 aliphatic carbocycles. The third-order valence-corrected chi connectivity index (χ3v) is 4.32. The van der Waals surface area contributed by atoms with Crippen molar-refractivity contribution in [2.24, 2.45) is 0 Å². The van der Waals surface area contributed by atoms with Gasteiger partial charge in [0.2, 0.25) is 0 Å². The van der Waals surface area contributed by atoms with Gasteiger partial charge in [0.1, 0.15) is 0 Å². The fourth-order valence-corrected chi connectivity index (χ4v) is 2.64. The van der Waals surface area contributed by atoms with Crippen molar-refractivity contribution in [3.05, 3.63) is 34.2 Å². The van der Waals surface area contributed by atoms with E-state index in [4.69, 9.17) is 14.9 Å². The Morgan fingerprint density at radius 2 is 1.55 bits per heavy atom. The zero-order valence-electron chi connectivity index (χ0n) is 12.9. The van der Waals surface area contributed by atoms with Crippen LogP contribution in [0.25, 0.3) is 0 Å². The lowest BCUT2D eigenvalue weighted by molar-refractivity contribution is 0.320. The number of aliphatic hydroxyl groups excluding tert-OH is 1. The maximum atomic E-state index is 11.2. The second-order valence-corrected chi connectivity index (χ2v) is 6.97. The summed E-state index contributed by atoms with van der Waals surface area (Å²) >= 11 is 0. The molecule has 0 amide bonds. The van der Waals surface area contributed by atoms with Gasteiger partial charge in [0.15, 0.2) is 0 Å². The van der Waals surface area contributed by atoms with E-state index in [1.807, 2.05) is 0 Å². The van der Waals surface area contributed by atoms with E-state index < -0.39 is 14.2 Å². The van der Waals surface area contributed by atoms with Gasteiger partial charge in [0.25, 0.3) is 0 Å². The van der Waals surface area contributed by atoms with Crippen molar-refractivity contribution in [1.82, 2.24) is 0 Å². The summed E-state index contributed by atoms with van der Waals surface area (Å²) in [4.78, 5) is 18.2. The van der Waals surface area contributed by atoms with Crippen LogP contribution in [0.5, 0.6) is 0 Å². The summed E-state index contributed by atoms with van der Waals surface area (Å²) in [6.07, 6.45) is 7.59. The molecule has 0 fully saturated rings. The minimum Gasteiger partial charge on any atom is -0.391 e. The second kappa shape index (κ2) is 9.30. The van der Waals surface area contributed by atoms with Gasteiger partial charge in [-0.05, 0) is 53.4 Å². The molecule has 0 aliphatic heterocycles. The first kappa shape index (κ1) is 19.3. The summed E-state index contributed by atoms with van der Waals surface area (Å²) < 4.78 is 11.2. The molecule has 0 spiro atoms. The van der Waals surface area contributed by atoms with Gasteiger partial charge in [-0.15, -0.1) is 0 Å². The minimum atomic E-state index is -4.32. The first-order chi connectivity index (χ1) is 9.18. The normalized spacial score (nSPS) is 14.1. The van der Waals surface area contributed by atoms with Crippen molar-refractivity contribution < 1.29 is 19.5 Å². The molecule has 0 aromatic carbocycles. The second-order valence-electron chi connectivity index (χ2n) is 5.34. The average molecular weight is 302 g/mol. The highest BCUT2D eigenvalue weighted by Crippen LogP contribution is 2.46. The molecule has 4 nitrogen and oxygen atoms in total. The Balaban J connectivity index is 4.44. The summed E-state index contributed by atoms with van der Waals surface area (Å²) in [7, 11) is -4.32. The topological polar surface area (TPSA) is 77.8 Å². The summed E-state index contributed by atoms with van der Waals surface area (Å²) in [5, 5.41) is 8.89. The number of aliphatic hydroxyl groups is 1. The molecule has 0 atom stereocenters. The molecule has 0 saturated carbocycles. The fourth-order valence-electron chi connectivity index (χ4n) is 1.85. The van der Waals surface area contributed by atoms with Crippen LogP contribution in [0.3, 0.4) is 0 Å². The van der Waals surface area contributed by atoms with E-state index >= 15 is 0 Å². The highest BCUT2D eigenvalue weighted by atomic mass is 31.2. The minimum absolute atomic E-state index is 0.145. The van der Waals surface area contributed by atoms with E-state index in [9.17, 15) is 4.57 Å². The third-order valence-electron chi connectivity index (χ3n) is 3.10. The van der Waals surface area contributed by atoms with Gasteiger partial charge in [0, 0.05) is 0 Å². The molecule has 116 valence electrons. The van der Waals surface area contributed by atoms with Crippen molar-refractivity contribution in [2.75, 3.05) is 6.61 Å². The van der Waals surface area contributed by atoms with E-state index in [1.165, 1.54) is 11.1 Å². The van der Waals surface area contributed by atoms with Crippen LogP contribution in [-0.2, 0) is 4.57 Å². The van der Waals surface area contributed by atoms with E-state index in [0.29, 0.717) is 12.0 Å². The van der Waals surface area contributed by atoms with Crippen LogP contribution < -0.4 is 0 Å². The Bertz CT molecular complexity index is 437. The maximum Gasteiger partial charge on any atom is 0.354 e. The van der Waals surface area contributed by atoms with Crippen molar-refractivity contribution in [3.8, 4) is 0 Å². The number of rotatable bonds is 8. The average Bonchev–Trinajstić information content (AvgIpc) is 2.27. The van der Waals surface area contributed by atoms with Crippen molar-refractivity contribution in [3.63, 3.8) is 0 Å². The zero-order valence-corrected chi connectivity index (χ0v) is 13.8. The molecular weight excluding hydrogens is 275 g/mol. The number of allylic oxidation sites excluding steroid dienone is 5. The van der Waals surface area contributed by atoms with Gasteiger partial charge >= 0.3 is 7.60 Å². The largest absolute Gasteiger partial charge is 0.391 e. The van der Waals surface area contributed by atoms with E-state index in [2.05, 4.69) is 32.9 Å². The van der Waals surface area contributed by atoms with E-state index in [-0.39, 0.29) is 5.31 Å². The van der Waals surface area contributed by atoms with Crippen LogP contribution in [-0.4, -0.2) is 21.5 Å². The molecule has 0 saturated heterocycles. The van der Waals surface area contributed by atoms with Crippen LogP contribution in [0.1, 0.15) is 53.4 Å². The van der Waals surface area contributed by atoms with Crippen molar-refractivity contribution in [2.45, 2.75) is 53.4 Å². The Hall–Kier alpha value is -0.670. The Morgan fingerprint density at radius 1 is 1.00 bits per heavy atom. The van der Waals surface area contributed by atoms with E-state index in [1.54, 1.807) is 6.92 Å². The Labute approximate surface area is 122 Å². The smallest absolute Gasteiger partial charge is 0.354 e. The zero-order chi connectivity index (χ0) is 15.8. The molecule has 5 heteroatoms. The standard InChI is InChI=1S/C15H27O4P/c1-12(2)7-5-8-13(3)9-6-10-14(4)15(11-16)20(17,18)19/h7,9,16H,5-6,8,10-11H2,1-4H3,(H2,17,18,19)/b13-9+,15-14-. The molecule has 0 unspecified atom stereocenters. The molecule has 0 radical (unpaired) electrons. The molecule has 3 N–H and O–H groups in total. The maximum absolute atomic E-state index is 11.2. The van der Waals surface area contributed by atoms with E-state index in [0.717, 1.165) is 19.3 Å². The molecule has 0 aliphatic rings.